The maximum Gasteiger partial charge on any atom is 0.306 e. The highest BCUT2D eigenvalue weighted by Crippen LogP contribution is 2.28. The van der Waals surface area contributed by atoms with Gasteiger partial charge in [0.1, 0.15) is 0 Å². The van der Waals surface area contributed by atoms with Crippen molar-refractivity contribution >= 4 is 11.9 Å². The summed E-state index contributed by atoms with van der Waals surface area (Å²) in [4.78, 5) is 22.9. The number of aryl methyl sites for hydroxylation is 2. The van der Waals surface area contributed by atoms with Crippen molar-refractivity contribution in [2.45, 2.75) is 46.1 Å². The number of nitrogens with zero attached hydrogens (tertiary/aromatic N) is 2. The molecule has 0 bridgehead atoms. The second-order valence-electron chi connectivity index (χ2n) is 6.09. The zero-order chi connectivity index (χ0) is 15.7. The van der Waals surface area contributed by atoms with E-state index in [9.17, 15) is 9.59 Å². The summed E-state index contributed by atoms with van der Waals surface area (Å²) in [6.45, 7) is 5.86. The van der Waals surface area contributed by atoms with Crippen molar-refractivity contribution in [1.29, 1.82) is 0 Å². The van der Waals surface area contributed by atoms with Gasteiger partial charge in [-0.1, -0.05) is 6.92 Å². The Balaban J connectivity index is 1.87. The van der Waals surface area contributed by atoms with E-state index in [1.165, 1.54) is 0 Å². The average Bonchev–Trinajstić information content (AvgIpc) is 2.59. The van der Waals surface area contributed by atoms with Gasteiger partial charge in [0.2, 0.25) is 5.91 Å². The van der Waals surface area contributed by atoms with Gasteiger partial charge in [-0.25, -0.2) is 0 Å². The average molecular weight is 293 g/mol. The molecule has 1 fully saturated rings. The summed E-state index contributed by atoms with van der Waals surface area (Å²) in [6.07, 6.45) is 1.74. The van der Waals surface area contributed by atoms with Crippen LogP contribution in [-0.2, 0) is 23.1 Å². The van der Waals surface area contributed by atoms with Gasteiger partial charge in [-0.05, 0) is 38.7 Å². The van der Waals surface area contributed by atoms with Crippen molar-refractivity contribution in [2.24, 2.45) is 18.9 Å². The number of carboxylic acids is 1. The number of carbonyl (C=O) groups excluding carboxylic acids is 1. The van der Waals surface area contributed by atoms with E-state index in [0.29, 0.717) is 19.3 Å². The summed E-state index contributed by atoms with van der Waals surface area (Å²) < 4.78 is 1.83. The van der Waals surface area contributed by atoms with Crippen LogP contribution in [0, 0.1) is 25.7 Å². The summed E-state index contributed by atoms with van der Waals surface area (Å²) in [5.74, 6) is -1.22. The Morgan fingerprint density at radius 2 is 2.05 bits per heavy atom. The first-order valence-corrected chi connectivity index (χ1v) is 7.31. The van der Waals surface area contributed by atoms with Gasteiger partial charge in [0, 0.05) is 24.7 Å². The quantitative estimate of drug-likeness (QED) is 0.854. The van der Waals surface area contributed by atoms with Crippen molar-refractivity contribution in [3.05, 3.63) is 17.0 Å². The first-order valence-electron chi connectivity index (χ1n) is 7.31. The molecule has 1 amide bonds. The highest BCUT2D eigenvalue weighted by atomic mass is 16.4. The standard InChI is InChI=1S/C15H23N3O3/c1-8(5-13-9(2)17-18(4)10(13)3)14(19)16-12-6-11(7-12)15(20)21/h8,11-12H,5-7H2,1-4H3,(H,16,19)(H,20,21). The molecule has 1 aromatic heterocycles. The highest BCUT2D eigenvalue weighted by Gasteiger charge is 2.35. The van der Waals surface area contributed by atoms with Crippen LogP contribution in [0.3, 0.4) is 0 Å². The number of rotatable bonds is 5. The molecule has 1 unspecified atom stereocenters. The molecule has 21 heavy (non-hydrogen) atoms. The fraction of sp³-hybridized carbons (Fsp3) is 0.667. The monoisotopic (exact) mass is 293 g/mol. The molecule has 1 heterocycles. The number of amides is 1. The van der Waals surface area contributed by atoms with Gasteiger partial charge in [0.25, 0.3) is 0 Å². The van der Waals surface area contributed by atoms with Crippen LogP contribution in [0.1, 0.15) is 36.7 Å². The lowest BCUT2D eigenvalue weighted by Crippen LogP contribution is -2.48. The Morgan fingerprint density at radius 3 is 2.52 bits per heavy atom. The van der Waals surface area contributed by atoms with Crippen LogP contribution in [0.2, 0.25) is 0 Å². The van der Waals surface area contributed by atoms with E-state index in [2.05, 4.69) is 10.4 Å². The number of hydrogen-bond acceptors (Lipinski definition) is 3. The Kier molecular flexibility index (Phi) is 4.34. The number of aromatic nitrogens is 2. The lowest BCUT2D eigenvalue weighted by atomic mass is 9.80. The van der Waals surface area contributed by atoms with Crippen molar-refractivity contribution in [3.63, 3.8) is 0 Å². The molecular formula is C15H23N3O3. The summed E-state index contributed by atoms with van der Waals surface area (Å²) in [6, 6.07) is 0.0112. The fourth-order valence-electron chi connectivity index (χ4n) is 2.79. The van der Waals surface area contributed by atoms with Gasteiger partial charge in [-0.2, -0.15) is 5.10 Å². The molecule has 2 rings (SSSR count). The minimum atomic E-state index is -0.768. The summed E-state index contributed by atoms with van der Waals surface area (Å²) >= 11 is 0. The molecule has 0 saturated heterocycles. The Labute approximate surface area is 124 Å². The van der Waals surface area contributed by atoms with Crippen LogP contribution in [0.15, 0.2) is 0 Å². The van der Waals surface area contributed by atoms with Crippen LogP contribution in [0.5, 0.6) is 0 Å². The molecule has 1 aromatic rings. The minimum Gasteiger partial charge on any atom is -0.481 e. The van der Waals surface area contributed by atoms with Crippen molar-refractivity contribution in [2.75, 3.05) is 0 Å². The van der Waals surface area contributed by atoms with Gasteiger partial charge in [0.05, 0.1) is 11.6 Å². The third-order valence-corrected chi connectivity index (χ3v) is 4.45. The molecule has 1 aliphatic rings. The molecule has 0 aliphatic heterocycles. The van der Waals surface area contributed by atoms with E-state index in [1.54, 1.807) is 0 Å². The number of carboxylic acid groups (broad SMARTS) is 1. The maximum atomic E-state index is 12.2. The Bertz CT molecular complexity index is 559. The van der Waals surface area contributed by atoms with E-state index in [0.717, 1.165) is 17.0 Å². The molecular weight excluding hydrogens is 270 g/mol. The van der Waals surface area contributed by atoms with E-state index < -0.39 is 5.97 Å². The molecule has 6 nitrogen and oxygen atoms in total. The lowest BCUT2D eigenvalue weighted by molar-refractivity contribution is -0.146. The second kappa shape index (κ2) is 5.87. The molecule has 0 aromatic carbocycles. The highest BCUT2D eigenvalue weighted by molar-refractivity contribution is 5.79. The Morgan fingerprint density at radius 1 is 1.43 bits per heavy atom. The SMILES string of the molecule is Cc1nn(C)c(C)c1CC(C)C(=O)NC1CC(C(=O)O)C1. The summed E-state index contributed by atoms with van der Waals surface area (Å²) in [7, 11) is 1.90. The van der Waals surface area contributed by atoms with Crippen LogP contribution < -0.4 is 5.32 Å². The van der Waals surface area contributed by atoms with Crippen molar-refractivity contribution < 1.29 is 14.7 Å². The second-order valence-corrected chi connectivity index (χ2v) is 6.09. The fourth-order valence-corrected chi connectivity index (χ4v) is 2.79. The summed E-state index contributed by atoms with van der Waals surface area (Å²) in [5, 5.41) is 16.1. The van der Waals surface area contributed by atoms with Gasteiger partial charge >= 0.3 is 5.97 Å². The van der Waals surface area contributed by atoms with Gasteiger partial charge < -0.3 is 10.4 Å². The van der Waals surface area contributed by atoms with E-state index in [-0.39, 0.29) is 23.8 Å². The molecule has 6 heteroatoms. The predicted molar refractivity (Wildman–Crippen MR) is 77.8 cm³/mol. The molecule has 2 N–H and O–H groups in total. The van der Waals surface area contributed by atoms with Crippen LogP contribution in [0.25, 0.3) is 0 Å². The van der Waals surface area contributed by atoms with E-state index in [1.807, 2.05) is 32.5 Å². The normalized spacial score (nSPS) is 22.5. The van der Waals surface area contributed by atoms with Crippen molar-refractivity contribution in [1.82, 2.24) is 15.1 Å². The minimum absolute atomic E-state index is 0.00788. The summed E-state index contributed by atoms with van der Waals surface area (Å²) in [5.41, 5.74) is 3.17. The Hall–Kier alpha value is -1.85. The first-order chi connectivity index (χ1) is 9.79. The molecule has 0 spiro atoms. The molecule has 1 saturated carbocycles. The smallest absolute Gasteiger partial charge is 0.306 e. The zero-order valence-corrected chi connectivity index (χ0v) is 13.0. The number of hydrogen-bond donors (Lipinski definition) is 2. The number of aliphatic carboxylic acids is 1. The number of carbonyl (C=O) groups is 2. The predicted octanol–water partition coefficient (Wildman–Crippen LogP) is 1.19. The van der Waals surface area contributed by atoms with Gasteiger partial charge in [0.15, 0.2) is 0 Å². The topological polar surface area (TPSA) is 84.2 Å². The third-order valence-electron chi connectivity index (χ3n) is 4.45. The zero-order valence-electron chi connectivity index (χ0n) is 13.0. The van der Waals surface area contributed by atoms with Crippen LogP contribution in [0.4, 0.5) is 0 Å². The van der Waals surface area contributed by atoms with Crippen molar-refractivity contribution in [3.8, 4) is 0 Å². The number of nitrogens with one attached hydrogen (secondary N) is 1. The first kappa shape index (κ1) is 15.5. The third kappa shape index (κ3) is 3.25. The molecule has 1 atom stereocenters. The maximum absolute atomic E-state index is 12.2. The van der Waals surface area contributed by atoms with Gasteiger partial charge in [-0.15, -0.1) is 0 Å². The van der Waals surface area contributed by atoms with E-state index in [4.69, 9.17) is 5.11 Å². The molecule has 0 radical (unpaired) electrons. The van der Waals surface area contributed by atoms with Crippen LogP contribution >= 0.6 is 0 Å². The largest absolute Gasteiger partial charge is 0.481 e. The van der Waals surface area contributed by atoms with E-state index >= 15 is 0 Å². The lowest BCUT2D eigenvalue weighted by Gasteiger charge is -2.33. The van der Waals surface area contributed by atoms with Crippen LogP contribution in [-0.4, -0.2) is 32.8 Å². The molecule has 116 valence electrons. The van der Waals surface area contributed by atoms with Gasteiger partial charge in [-0.3, -0.25) is 14.3 Å². The molecule has 1 aliphatic carbocycles.